The molecule has 2 heterocycles. The van der Waals surface area contributed by atoms with E-state index in [9.17, 15) is 18.8 Å². The Kier molecular flexibility index (Phi) is 4.94. The molecule has 25 heavy (non-hydrogen) atoms. The van der Waals surface area contributed by atoms with Gasteiger partial charge in [-0.3, -0.25) is 14.4 Å². The first-order valence-corrected chi connectivity index (χ1v) is 8.74. The highest BCUT2D eigenvalue weighted by atomic mass is 32.1. The summed E-state index contributed by atoms with van der Waals surface area (Å²) in [6.07, 6.45) is 0.100. The lowest BCUT2D eigenvalue weighted by Crippen LogP contribution is -2.52. The second kappa shape index (κ2) is 7.14. The number of carbonyl (C=O) groups excluding carboxylic acids is 3. The Labute approximate surface area is 148 Å². The molecule has 5 nitrogen and oxygen atoms in total. The van der Waals surface area contributed by atoms with Crippen LogP contribution in [0.25, 0.3) is 0 Å². The predicted molar refractivity (Wildman–Crippen MR) is 91.9 cm³/mol. The number of Topliss-reactive ketones (excluding diaryl/α,β-unsaturated/α-hetero) is 1. The Bertz CT molecular complexity index is 833. The third-order valence-corrected chi connectivity index (χ3v) is 5.13. The van der Waals surface area contributed by atoms with Crippen LogP contribution in [0, 0.1) is 5.82 Å². The van der Waals surface area contributed by atoms with Gasteiger partial charge in [0.05, 0.1) is 11.3 Å². The van der Waals surface area contributed by atoms with Gasteiger partial charge in [0, 0.05) is 13.1 Å². The van der Waals surface area contributed by atoms with Gasteiger partial charge in [-0.15, -0.1) is 11.3 Å². The fourth-order valence-electron chi connectivity index (χ4n) is 2.87. The number of hydrogen-bond donors (Lipinski definition) is 1. The molecule has 1 unspecified atom stereocenters. The summed E-state index contributed by atoms with van der Waals surface area (Å²) in [5, 5.41) is 4.49. The van der Waals surface area contributed by atoms with Crippen LogP contribution in [-0.2, 0) is 16.0 Å². The van der Waals surface area contributed by atoms with E-state index in [1.807, 2.05) is 0 Å². The van der Waals surface area contributed by atoms with Crippen molar-refractivity contribution in [3.05, 3.63) is 57.5 Å². The zero-order valence-electron chi connectivity index (χ0n) is 13.6. The van der Waals surface area contributed by atoms with Crippen LogP contribution in [-0.4, -0.2) is 35.6 Å². The minimum atomic E-state index is -0.845. The SMILES string of the molecule is CC(=O)c1cc(CC(=O)N2CCNC(=O)C2c2cccc(F)c2)cs1. The first-order valence-electron chi connectivity index (χ1n) is 7.86. The van der Waals surface area contributed by atoms with Crippen LogP contribution >= 0.6 is 11.3 Å². The number of nitrogens with zero attached hydrogens (tertiary/aromatic N) is 1. The monoisotopic (exact) mass is 360 g/mol. The van der Waals surface area contributed by atoms with Gasteiger partial charge in [-0.05, 0) is 41.6 Å². The number of benzene rings is 1. The molecule has 1 fully saturated rings. The van der Waals surface area contributed by atoms with Crippen molar-refractivity contribution in [1.82, 2.24) is 10.2 Å². The van der Waals surface area contributed by atoms with E-state index in [-0.39, 0.29) is 24.0 Å². The Balaban J connectivity index is 1.83. The number of thiophene rings is 1. The number of halogens is 1. The first kappa shape index (κ1) is 17.3. The maximum atomic E-state index is 13.5. The lowest BCUT2D eigenvalue weighted by atomic mass is 10.0. The van der Waals surface area contributed by atoms with E-state index in [1.165, 1.54) is 41.4 Å². The molecule has 0 aliphatic carbocycles. The van der Waals surface area contributed by atoms with Crippen molar-refractivity contribution >= 4 is 28.9 Å². The summed E-state index contributed by atoms with van der Waals surface area (Å²) in [5.74, 6) is -1.04. The zero-order chi connectivity index (χ0) is 18.0. The topological polar surface area (TPSA) is 66.5 Å². The van der Waals surface area contributed by atoms with Gasteiger partial charge >= 0.3 is 0 Å². The molecule has 1 aliphatic rings. The maximum Gasteiger partial charge on any atom is 0.247 e. The van der Waals surface area contributed by atoms with E-state index < -0.39 is 11.9 Å². The standard InChI is InChI=1S/C18H17FN2O3S/c1-11(22)15-7-12(10-25-15)8-16(23)21-6-5-20-18(24)17(21)13-3-2-4-14(19)9-13/h2-4,7,9-10,17H,5-6,8H2,1H3,(H,20,24). The summed E-state index contributed by atoms with van der Waals surface area (Å²) >= 11 is 1.30. The molecular formula is C18H17FN2O3S. The molecular weight excluding hydrogens is 343 g/mol. The highest BCUT2D eigenvalue weighted by Crippen LogP contribution is 2.25. The highest BCUT2D eigenvalue weighted by molar-refractivity contribution is 7.12. The Hall–Kier alpha value is -2.54. The lowest BCUT2D eigenvalue weighted by Gasteiger charge is -2.35. The largest absolute Gasteiger partial charge is 0.352 e. The molecule has 2 amide bonds. The van der Waals surface area contributed by atoms with Gasteiger partial charge in [0.1, 0.15) is 11.9 Å². The molecule has 1 atom stereocenters. The van der Waals surface area contributed by atoms with E-state index in [4.69, 9.17) is 0 Å². The minimum absolute atomic E-state index is 0.0429. The second-order valence-corrected chi connectivity index (χ2v) is 6.80. The lowest BCUT2D eigenvalue weighted by molar-refractivity contribution is -0.143. The average Bonchev–Trinajstić information content (AvgIpc) is 3.03. The van der Waals surface area contributed by atoms with E-state index in [2.05, 4.69) is 5.32 Å². The van der Waals surface area contributed by atoms with Crippen LogP contribution in [0.2, 0.25) is 0 Å². The third kappa shape index (κ3) is 3.76. The van der Waals surface area contributed by atoms with Crippen LogP contribution in [0.5, 0.6) is 0 Å². The number of rotatable bonds is 4. The van der Waals surface area contributed by atoms with E-state index in [1.54, 1.807) is 17.5 Å². The molecule has 0 saturated carbocycles. The van der Waals surface area contributed by atoms with E-state index in [0.29, 0.717) is 23.5 Å². The Morgan fingerprint density at radius 2 is 2.16 bits per heavy atom. The summed E-state index contributed by atoms with van der Waals surface area (Å²) in [7, 11) is 0. The van der Waals surface area contributed by atoms with Crippen molar-refractivity contribution in [3.8, 4) is 0 Å². The van der Waals surface area contributed by atoms with Crippen molar-refractivity contribution in [3.63, 3.8) is 0 Å². The minimum Gasteiger partial charge on any atom is -0.352 e. The molecule has 1 N–H and O–H groups in total. The van der Waals surface area contributed by atoms with Crippen LogP contribution < -0.4 is 5.32 Å². The molecule has 0 spiro atoms. The summed E-state index contributed by atoms with van der Waals surface area (Å²) < 4.78 is 13.5. The molecule has 0 bridgehead atoms. The van der Waals surface area contributed by atoms with Crippen LogP contribution in [0.1, 0.15) is 33.8 Å². The van der Waals surface area contributed by atoms with Crippen LogP contribution in [0.15, 0.2) is 35.7 Å². The highest BCUT2D eigenvalue weighted by Gasteiger charge is 2.34. The first-order chi connectivity index (χ1) is 12.0. The molecule has 3 rings (SSSR count). The number of amides is 2. The smallest absolute Gasteiger partial charge is 0.247 e. The Morgan fingerprint density at radius 3 is 2.84 bits per heavy atom. The van der Waals surface area contributed by atoms with Gasteiger partial charge in [-0.2, -0.15) is 0 Å². The fourth-order valence-corrected chi connectivity index (χ4v) is 3.69. The fraction of sp³-hybridized carbons (Fsp3) is 0.278. The van der Waals surface area contributed by atoms with Gasteiger partial charge in [0.15, 0.2) is 5.78 Å². The number of piperazine rings is 1. The van der Waals surface area contributed by atoms with Crippen LogP contribution in [0.4, 0.5) is 4.39 Å². The maximum absolute atomic E-state index is 13.5. The molecule has 1 aromatic carbocycles. The van der Waals surface area contributed by atoms with Crippen molar-refractivity contribution in [1.29, 1.82) is 0 Å². The molecule has 1 saturated heterocycles. The van der Waals surface area contributed by atoms with Crippen molar-refractivity contribution in [2.45, 2.75) is 19.4 Å². The average molecular weight is 360 g/mol. The van der Waals surface area contributed by atoms with Gasteiger partial charge in [-0.25, -0.2) is 4.39 Å². The second-order valence-electron chi connectivity index (χ2n) is 5.89. The number of hydrogen-bond acceptors (Lipinski definition) is 4. The van der Waals surface area contributed by atoms with E-state index >= 15 is 0 Å². The van der Waals surface area contributed by atoms with Crippen LogP contribution in [0.3, 0.4) is 0 Å². The molecule has 130 valence electrons. The summed E-state index contributed by atoms with van der Waals surface area (Å²) in [6, 6.07) is 6.58. The summed E-state index contributed by atoms with van der Waals surface area (Å²) in [5.41, 5.74) is 1.18. The number of carbonyl (C=O) groups is 3. The third-order valence-electron chi connectivity index (χ3n) is 4.05. The van der Waals surface area contributed by atoms with Gasteiger partial charge in [0.25, 0.3) is 0 Å². The van der Waals surface area contributed by atoms with Gasteiger partial charge in [0.2, 0.25) is 11.8 Å². The van der Waals surface area contributed by atoms with E-state index in [0.717, 1.165) is 5.56 Å². The molecule has 0 radical (unpaired) electrons. The summed E-state index contributed by atoms with van der Waals surface area (Å²) in [6.45, 7) is 2.20. The molecule has 1 aromatic heterocycles. The molecule has 7 heteroatoms. The van der Waals surface area contributed by atoms with Crippen molar-refractivity contribution < 1.29 is 18.8 Å². The predicted octanol–water partition coefficient (Wildman–Crippen LogP) is 2.33. The van der Waals surface area contributed by atoms with Gasteiger partial charge < -0.3 is 10.2 Å². The van der Waals surface area contributed by atoms with Crippen molar-refractivity contribution in [2.24, 2.45) is 0 Å². The molecule has 1 aliphatic heterocycles. The Morgan fingerprint density at radius 1 is 1.36 bits per heavy atom. The normalized spacial score (nSPS) is 17.3. The number of nitrogens with one attached hydrogen (secondary N) is 1. The van der Waals surface area contributed by atoms with Gasteiger partial charge in [-0.1, -0.05) is 12.1 Å². The zero-order valence-corrected chi connectivity index (χ0v) is 14.4. The molecule has 2 aromatic rings. The number of ketones is 1. The van der Waals surface area contributed by atoms with Crippen molar-refractivity contribution in [2.75, 3.05) is 13.1 Å². The quantitative estimate of drug-likeness (QED) is 0.851. The summed E-state index contributed by atoms with van der Waals surface area (Å²) in [4.78, 5) is 38.5.